The number of fused-ring (bicyclic) bond motifs is 1. The van der Waals surface area contributed by atoms with Gasteiger partial charge in [-0.25, -0.2) is 0 Å². The Balaban J connectivity index is 2.43. The first-order valence-electron chi connectivity index (χ1n) is 6.96. The van der Waals surface area contributed by atoms with Gasteiger partial charge in [0.2, 0.25) is 0 Å². The van der Waals surface area contributed by atoms with Crippen molar-refractivity contribution in [3.05, 3.63) is 42.1 Å². The van der Waals surface area contributed by atoms with Crippen LogP contribution in [0.15, 0.2) is 36.5 Å². The lowest BCUT2D eigenvalue weighted by molar-refractivity contribution is 0.0480. The Hall–Kier alpha value is -1.45. The van der Waals surface area contributed by atoms with Crippen molar-refractivity contribution in [2.45, 2.75) is 32.9 Å². The summed E-state index contributed by atoms with van der Waals surface area (Å²) in [5, 5.41) is 4.68. The van der Waals surface area contributed by atoms with Crippen LogP contribution in [0.2, 0.25) is 0 Å². The molecule has 0 aliphatic heterocycles. The summed E-state index contributed by atoms with van der Waals surface area (Å²) in [5.74, 6) is 0. The Morgan fingerprint density at radius 2 is 2.00 bits per heavy atom. The van der Waals surface area contributed by atoms with Gasteiger partial charge in [0, 0.05) is 18.2 Å². The molecule has 0 radical (unpaired) electrons. The predicted molar refractivity (Wildman–Crippen MR) is 79.2 cm³/mol. The summed E-state index contributed by atoms with van der Waals surface area (Å²) in [4.78, 5) is 4.53. The van der Waals surface area contributed by atoms with Crippen molar-refractivity contribution in [1.29, 1.82) is 0 Å². The molecular formula is C16H22N2O. The molecule has 0 saturated carbocycles. The number of ether oxygens (including phenoxy) is 1. The van der Waals surface area contributed by atoms with Crippen LogP contribution in [-0.2, 0) is 4.74 Å². The number of benzene rings is 1. The van der Waals surface area contributed by atoms with E-state index in [0.29, 0.717) is 0 Å². The van der Waals surface area contributed by atoms with Crippen molar-refractivity contribution < 1.29 is 4.74 Å². The standard InChI is InChI=1S/C16H22N2O/c1-4-17-15(12(3)19-5-2)14-10-6-8-13-9-7-11-18-16(13)14/h6-12,15,17H,4-5H2,1-3H3. The highest BCUT2D eigenvalue weighted by Gasteiger charge is 2.21. The Morgan fingerprint density at radius 3 is 2.74 bits per heavy atom. The van der Waals surface area contributed by atoms with Gasteiger partial charge in [0.1, 0.15) is 0 Å². The molecule has 2 atom stereocenters. The first-order valence-corrected chi connectivity index (χ1v) is 6.96. The van der Waals surface area contributed by atoms with Gasteiger partial charge in [-0.15, -0.1) is 0 Å². The fourth-order valence-electron chi connectivity index (χ4n) is 2.49. The molecule has 1 N–H and O–H groups in total. The maximum Gasteiger partial charge on any atom is 0.0750 e. The molecule has 2 rings (SSSR count). The highest BCUT2D eigenvalue weighted by Crippen LogP contribution is 2.26. The molecule has 2 unspecified atom stereocenters. The third-order valence-corrected chi connectivity index (χ3v) is 3.32. The summed E-state index contributed by atoms with van der Waals surface area (Å²) in [5.41, 5.74) is 2.27. The topological polar surface area (TPSA) is 34.2 Å². The first kappa shape index (κ1) is 14.0. The lowest BCUT2D eigenvalue weighted by Gasteiger charge is -2.25. The fourth-order valence-corrected chi connectivity index (χ4v) is 2.49. The lowest BCUT2D eigenvalue weighted by Crippen LogP contribution is -2.32. The minimum Gasteiger partial charge on any atom is -0.377 e. The van der Waals surface area contributed by atoms with Gasteiger partial charge < -0.3 is 10.1 Å². The normalized spacial score (nSPS) is 14.5. The molecule has 1 aromatic heterocycles. The van der Waals surface area contributed by atoms with Gasteiger partial charge in [-0.1, -0.05) is 31.2 Å². The molecule has 2 aromatic rings. The van der Waals surface area contributed by atoms with Gasteiger partial charge in [0.25, 0.3) is 0 Å². The van der Waals surface area contributed by atoms with Crippen molar-refractivity contribution in [3.63, 3.8) is 0 Å². The quantitative estimate of drug-likeness (QED) is 0.863. The summed E-state index contributed by atoms with van der Waals surface area (Å²) in [6, 6.07) is 10.6. The molecule has 102 valence electrons. The van der Waals surface area contributed by atoms with E-state index in [4.69, 9.17) is 4.74 Å². The van der Waals surface area contributed by atoms with E-state index in [2.05, 4.69) is 48.4 Å². The molecule has 0 saturated heterocycles. The number of aromatic nitrogens is 1. The average molecular weight is 258 g/mol. The zero-order valence-corrected chi connectivity index (χ0v) is 11.9. The smallest absolute Gasteiger partial charge is 0.0750 e. The van der Waals surface area contributed by atoms with Crippen molar-refractivity contribution >= 4 is 10.9 Å². The maximum atomic E-state index is 5.77. The number of nitrogens with zero attached hydrogens (tertiary/aromatic N) is 1. The summed E-state index contributed by atoms with van der Waals surface area (Å²) in [7, 11) is 0. The van der Waals surface area contributed by atoms with E-state index in [0.717, 1.165) is 18.7 Å². The lowest BCUT2D eigenvalue weighted by atomic mass is 9.99. The van der Waals surface area contributed by atoms with Crippen LogP contribution in [0.1, 0.15) is 32.4 Å². The van der Waals surface area contributed by atoms with Gasteiger partial charge in [-0.3, -0.25) is 4.98 Å². The highest BCUT2D eigenvalue weighted by molar-refractivity contribution is 5.82. The average Bonchev–Trinajstić information content (AvgIpc) is 2.44. The van der Waals surface area contributed by atoms with Crippen LogP contribution in [0.4, 0.5) is 0 Å². The zero-order valence-electron chi connectivity index (χ0n) is 11.9. The van der Waals surface area contributed by atoms with E-state index in [1.807, 2.05) is 19.2 Å². The minimum atomic E-state index is 0.123. The van der Waals surface area contributed by atoms with Crippen molar-refractivity contribution in [1.82, 2.24) is 10.3 Å². The summed E-state index contributed by atoms with van der Waals surface area (Å²) < 4.78 is 5.77. The molecule has 0 aliphatic rings. The summed E-state index contributed by atoms with van der Waals surface area (Å²) >= 11 is 0. The Morgan fingerprint density at radius 1 is 1.21 bits per heavy atom. The molecule has 0 fully saturated rings. The van der Waals surface area contributed by atoms with Crippen LogP contribution in [-0.4, -0.2) is 24.2 Å². The van der Waals surface area contributed by atoms with Crippen molar-refractivity contribution in [2.24, 2.45) is 0 Å². The maximum absolute atomic E-state index is 5.77. The van der Waals surface area contributed by atoms with E-state index < -0.39 is 0 Å². The van der Waals surface area contributed by atoms with Gasteiger partial charge in [-0.2, -0.15) is 0 Å². The van der Waals surface area contributed by atoms with Crippen molar-refractivity contribution in [2.75, 3.05) is 13.2 Å². The fraction of sp³-hybridized carbons (Fsp3) is 0.438. The van der Waals surface area contributed by atoms with E-state index in [1.165, 1.54) is 10.9 Å². The second kappa shape index (κ2) is 6.64. The minimum absolute atomic E-state index is 0.123. The number of likely N-dealkylation sites (N-methyl/N-ethyl adjacent to an activating group) is 1. The number of rotatable bonds is 6. The number of hydrogen-bond acceptors (Lipinski definition) is 3. The molecule has 0 spiro atoms. The molecule has 3 nitrogen and oxygen atoms in total. The van der Waals surface area contributed by atoms with Crippen LogP contribution >= 0.6 is 0 Å². The summed E-state index contributed by atoms with van der Waals surface area (Å²) in [6.07, 6.45) is 1.97. The van der Waals surface area contributed by atoms with Gasteiger partial charge in [0.15, 0.2) is 0 Å². The second-order valence-corrected chi connectivity index (χ2v) is 4.62. The van der Waals surface area contributed by atoms with E-state index in [-0.39, 0.29) is 12.1 Å². The number of nitrogens with one attached hydrogen (secondary N) is 1. The van der Waals surface area contributed by atoms with Crippen LogP contribution in [0.3, 0.4) is 0 Å². The van der Waals surface area contributed by atoms with Crippen LogP contribution in [0.5, 0.6) is 0 Å². The van der Waals surface area contributed by atoms with Crippen LogP contribution < -0.4 is 5.32 Å². The number of pyridine rings is 1. The molecule has 3 heteroatoms. The molecule has 0 bridgehead atoms. The monoisotopic (exact) mass is 258 g/mol. The van der Waals surface area contributed by atoms with Crippen LogP contribution in [0, 0.1) is 0 Å². The van der Waals surface area contributed by atoms with Crippen LogP contribution in [0.25, 0.3) is 10.9 Å². The molecule has 19 heavy (non-hydrogen) atoms. The number of hydrogen-bond donors (Lipinski definition) is 1. The Kier molecular flexibility index (Phi) is 4.88. The van der Waals surface area contributed by atoms with Gasteiger partial charge >= 0.3 is 0 Å². The highest BCUT2D eigenvalue weighted by atomic mass is 16.5. The third-order valence-electron chi connectivity index (χ3n) is 3.32. The Bertz CT molecular complexity index is 522. The zero-order chi connectivity index (χ0) is 13.7. The molecule has 1 aromatic carbocycles. The molecule has 1 heterocycles. The largest absolute Gasteiger partial charge is 0.377 e. The second-order valence-electron chi connectivity index (χ2n) is 4.62. The SMILES string of the molecule is CCNC(c1cccc2cccnc12)C(C)OCC. The third kappa shape index (κ3) is 3.11. The first-order chi connectivity index (χ1) is 9.27. The molecule has 0 aliphatic carbocycles. The van der Waals surface area contributed by atoms with Gasteiger partial charge in [0.05, 0.1) is 17.7 Å². The van der Waals surface area contributed by atoms with Crippen molar-refractivity contribution in [3.8, 4) is 0 Å². The predicted octanol–water partition coefficient (Wildman–Crippen LogP) is 3.31. The molecule has 0 amide bonds. The number of para-hydroxylation sites is 1. The van der Waals surface area contributed by atoms with E-state index in [9.17, 15) is 0 Å². The van der Waals surface area contributed by atoms with E-state index >= 15 is 0 Å². The van der Waals surface area contributed by atoms with E-state index in [1.54, 1.807) is 0 Å². The van der Waals surface area contributed by atoms with Gasteiger partial charge in [-0.05, 0) is 32.0 Å². The molecular weight excluding hydrogens is 236 g/mol. The summed E-state index contributed by atoms with van der Waals surface area (Å²) in [6.45, 7) is 7.89. The Labute approximate surface area is 115 Å².